The molecule has 0 spiro atoms. The van der Waals surface area contributed by atoms with Gasteiger partial charge in [-0.05, 0) is 71.4 Å². The molecule has 0 N–H and O–H groups in total. The first kappa shape index (κ1) is 12.2. The van der Waals surface area contributed by atoms with E-state index in [1.807, 2.05) is 11.3 Å². The number of rotatable bonds is 4. The molecule has 1 nitrogen and oxygen atoms in total. The van der Waals surface area contributed by atoms with E-state index in [1.165, 1.54) is 41.6 Å². The molecule has 0 saturated heterocycles. The molecule has 17 heavy (non-hydrogen) atoms. The summed E-state index contributed by atoms with van der Waals surface area (Å²) in [7, 11) is 2.28. The minimum absolute atomic E-state index is 0.984. The lowest BCUT2D eigenvalue weighted by molar-refractivity contribution is 0.215. The van der Waals surface area contributed by atoms with Gasteiger partial charge in [-0.1, -0.05) is 6.42 Å². The maximum atomic E-state index is 3.62. The molecule has 3 atom stereocenters. The Morgan fingerprint density at radius 3 is 2.88 bits per heavy atom. The number of hydrogen-bond acceptors (Lipinski definition) is 2. The summed E-state index contributed by atoms with van der Waals surface area (Å²) in [6.07, 6.45) is 6.05. The zero-order valence-electron chi connectivity index (χ0n) is 10.4. The Bertz CT molecular complexity index is 389. The normalized spacial score (nSPS) is 31.6. The summed E-state index contributed by atoms with van der Waals surface area (Å²) < 4.78 is 1.28. The largest absolute Gasteiger partial charge is 0.301 e. The van der Waals surface area contributed by atoms with Gasteiger partial charge in [-0.25, -0.2) is 0 Å². The van der Waals surface area contributed by atoms with Crippen LogP contribution >= 0.6 is 27.3 Å². The van der Waals surface area contributed by atoms with Crippen LogP contribution in [-0.4, -0.2) is 18.5 Å². The third-order valence-electron chi connectivity index (χ3n) is 4.54. The molecule has 0 aliphatic heterocycles. The van der Waals surface area contributed by atoms with Crippen molar-refractivity contribution in [2.45, 2.75) is 32.2 Å². The Kier molecular flexibility index (Phi) is 3.60. The molecule has 1 aromatic heterocycles. The van der Waals surface area contributed by atoms with E-state index in [-0.39, 0.29) is 0 Å². The fraction of sp³-hybridized carbons (Fsp3) is 0.714. The van der Waals surface area contributed by atoms with Crippen LogP contribution in [0, 0.1) is 17.8 Å². The number of thiophene rings is 1. The standard InChI is InChI=1S/C14H20BrNS/c1-16(9-14-13(15)4-5-17-14)8-12-7-10-2-3-11(12)6-10/h4-5,10-12H,2-3,6-9H2,1H3. The molecule has 0 aromatic carbocycles. The highest BCUT2D eigenvalue weighted by atomic mass is 79.9. The molecule has 2 bridgehead atoms. The van der Waals surface area contributed by atoms with E-state index in [0.29, 0.717) is 0 Å². The molecule has 3 heteroatoms. The Morgan fingerprint density at radius 1 is 1.41 bits per heavy atom. The van der Waals surface area contributed by atoms with Crippen molar-refractivity contribution in [1.29, 1.82) is 0 Å². The van der Waals surface area contributed by atoms with Crippen molar-refractivity contribution in [2.24, 2.45) is 17.8 Å². The Labute approximate surface area is 116 Å². The van der Waals surface area contributed by atoms with Crippen LogP contribution in [0.2, 0.25) is 0 Å². The molecular formula is C14H20BrNS. The Hall–Kier alpha value is 0.140. The van der Waals surface area contributed by atoms with Gasteiger partial charge in [0.1, 0.15) is 0 Å². The maximum absolute atomic E-state index is 3.62. The van der Waals surface area contributed by atoms with Gasteiger partial charge in [0.25, 0.3) is 0 Å². The van der Waals surface area contributed by atoms with Crippen LogP contribution in [0.4, 0.5) is 0 Å². The monoisotopic (exact) mass is 313 g/mol. The van der Waals surface area contributed by atoms with Crippen LogP contribution in [0.3, 0.4) is 0 Å². The lowest BCUT2D eigenvalue weighted by atomic mass is 9.88. The molecule has 3 unspecified atom stereocenters. The fourth-order valence-corrected chi connectivity index (χ4v) is 5.30. The first-order chi connectivity index (χ1) is 8.22. The van der Waals surface area contributed by atoms with Gasteiger partial charge in [0.05, 0.1) is 0 Å². The van der Waals surface area contributed by atoms with Crippen LogP contribution in [0.15, 0.2) is 15.9 Å². The molecule has 0 radical (unpaired) electrons. The molecule has 0 amide bonds. The lowest BCUT2D eigenvalue weighted by Gasteiger charge is -2.27. The summed E-state index contributed by atoms with van der Waals surface area (Å²) in [5.74, 6) is 3.11. The van der Waals surface area contributed by atoms with Gasteiger partial charge in [0.15, 0.2) is 0 Å². The summed E-state index contributed by atoms with van der Waals surface area (Å²) in [5, 5.41) is 2.17. The molecule has 2 fully saturated rings. The fourth-order valence-electron chi connectivity index (χ4n) is 3.75. The van der Waals surface area contributed by atoms with Crippen molar-refractivity contribution in [3.63, 3.8) is 0 Å². The summed E-state index contributed by atoms with van der Waals surface area (Å²) in [6.45, 7) is 2.40. The number of fused-ring (bicyclic) bond motifs is 2. The van der Waals surface area contributed by atoms with Crippen LogP contribution in [0.25, 0.3) is 0 Å². The summed E-state index contributed by atoms with van der Waals surface area (Å²) in [5.41, 5.74) is 0. The summed E-state index contributed by atoms with van der Waals surface area (Å²) in [4.78, 5) is 3.98. The number of halogens is 1. The summed E-state index contributed by atoms with van der Waals surface area (Å²) in [6, 6.07) is 2.16. The van der Waals surface area contributed by atoms with Gasteiger partial charge in [0.2, 0.25) is 0 Å². The predicted molar refractivity (Wildman–Crippen MR) is 77.3 cm³/mol. The van der Waals surface area contributed by atoms with E-state index in [9.17, 15) is 0 Å². The highest BCUT2D eigenvalue weighted by Crippen LogP contribution is 2.48. The lowest BCUT2D eigenvalue weighted by Crippen LogP contribution is -2.28. The maximum Gasteiger partial charge on any atom is 0.0336 e. The molecule has 3 rings (SSSR count). The molecule has 94 valence electrons. The van der Waals surface area contributed by atoms with E-state index in [4.69, 9.17) is 0 Å². The van der Waals surface area contributed by atoms with Crippen molar-refractivity contribution in [3.8, 4) is 0 Å². The first-order valence-electron chi connectivity index (χ1n) is 6.63. The second kappa shape index (κ2) is 5.02. The van der Waals surface area contributed by atoms with Gasteiger partial charge >= 0.3 is 0 Å². The first-order valence-corrected chi connectivity index (χ1v) is 8.30. The molecule has 1 aromatic rings. The van der Waals surface area contributed by atoms with E-state index >= 15 is 0 Å². The quantitative estimate of drug-likeness (QED) is 0.797. The number of hydrogen-bond donors (Lipinski definition) is 0. The van der Waals surface area contributed by atoms with Gasteiger partial charge in [-0.15, -0.1) is 11.3 Å². The van der Waals surface area contributed by atoms with Gasteiger partial charge in [0, 0.05) is 22.4 Å². The highest BCUT2D eigenvalue weighted by Gasteiger charge is 2.39. The smallest absolute Gasteiger partial charge is 0.0336 e. The average molecular weight is 314 g/mol. The van der Waals surface area contributed by atoms with Crippen molar-refractivity contribution in [3.05, 3.63) is 20.8 Å². The van der Waals surface area contributed by atoms with Gasteiger partial charge in [-0.3, -0.25) is 0 Å². The molecule has 2 aliphatic rings. The summed E-state index contributed by atoms with van der Waals surface area (Å²) >= 11 is 5.49. The van der Waals surface area contributed by atoms with Crippen molar-refractivity contribution < 1.29 is 0 Å². The van der Waals surface area contributed by atoms with Crippen molar-refractivity contribution >= 4 is 27.3 Å². The molecule has 1 heterocycles. The third-order valence-corrected chi connectivity index (χ3v) is 6.45. The molecule has 2 saturated carbocycles. The van der Waals surface area contributed by atoms with Gasteiger partial charge in [-0.2, -0.15) is 0 Å². The number of nitrogens with zero attached hydrogens (tertiary/aromatic N) is 1. The topological polar surface area (TPSA) is 3.24 Å². The second-order valence-electron chi connectivity index (χ2n) is 5.82. The van der Waals surface area contributed by atoms with Crippen LogP contribution < -0.4 is 0 Å². The minimum atomic E-state index is 0.984. The van der Waals surface area contributed by atoms with Gasteiger partial charge < -0.3 is 4.90 Å². The Morgan fingerprint density at radius 2 is 2.29 bits per heavy atom. The van der Waals surface area contributed by atoms with Crippen LogP contribution in [0.5, 0.6) is 0 Å². The highest BCUT2D eigenvalue weighted by molar-refractivity contribution is 9.10. The second-order valence-corrected chi connectivity index (χ2v) is 7.68. The molecule has 2 aliphatic carbocycles. The average Bonchev–Trinajstić information content (AvgIpc) is 2.96. The van der Waals surface area contributed by atoms with Crippen LogP contribution in [0.1, 0.15) is 30.6 Å². The van der Waals surface area contributed by atoms with E-state index in [0.717, 1.165) is 24.3 Å². The van der Waals surface area contributed by atoms with E-state index in [2.05, 4.69) is 39.3 Å². The molecular weight excluding hydrogens is 294 g/mol. The third kappa shape index (κ3) is 2.61. The van der Waals surface area contributed by atoms with Crippen LogP contribution in [-0.2, 0) is 6.54 Å². The van der Waals surface area contributed by atoms with E-state index < -0.39 is 0 Å². The minimum Gasteiger partial charge on any atom is -0.301 e. The predicted octanol–water partition coefficient (Wildman–Crippen LogP) is 4.38. The zero-order valence-corrected chi connectivity index (χ0v) is 12.8. The van der Waals surface area contributed by atoms with Crippen molar-refractivity contribution in [1.82, 2.24) is 4.90 Å². The van der Waals surface area contributed by atoms with Crippen molar-refractivity contribution in [2.75, 3.05) is 13.6 Å². The Balaban J connectivity index is 1.54. The SMILES string of the molecule is CN(Cc1sccc1Br)CC1CC2CCC1C2. The zero-order chi connectivity index (χ0) is 11.8. The van der Waals surface area contributed by atoms with E-state index in [1.54, 1.807) is 0 Å².